The lowest BCUT2D eigenvalue weighted by atomic mass is 10.1. The molecule has 0 radical (unpaired) electrons. The highest BCUT2D eigenvalue weighted by molar-refractivity contribution is 5.89. The van der Waals surface area contributed by atoms with Gasteiger partial charge in [-0.15, -0.1) is 0 Å². The van der Waals surface area contributed by atoms with Crippen LogP contribution in [-0.4, -0.2) is 5.97 Å². The van der Waals surface area contributed by atoms with Crippen LogP contribution in [0.1, 0.15) is 27.6 Å². The number of carbonyl (C=O) groups excluding carboxylic acids is 1. The highest BCUT2D eigenvalue weighted by Gasteiger charge is 2.17. The van der Waals surface area contributed by atoms with Crippen molar-refractivity contribution in [1.82, 2.24) is 0 Å². The largest absolute Gasteiger partial charge is 0.438 e. The van der Waals surface area contributed by atoms with Crippen molar-refractivity contribution in [3.05, 3.63) is 71.3 Å². The molecule has 0 spiro atoms. The number of hydrogen-bond donors (Lipinski definition) is 0. The van der Waals surface area contributed by atoms with Gasteiger partial charge in [-0.2, -0.15) is 10.5 Å². The van der Waals surface area contributed by atoms with Gasteiger partial charge in [-0.05, 0) is 24.3 Å². The van der Waals surface area contributed by atoms with E-state index in [0.717, 1.165) is 0 Å². The lowest BCUT2D eigenvalue weighted by Crippen LogP contribution is -2.10. The first kappa shape index (κ1) is 13.3. The third-order valence-corrected chi connectivity index (χ3v) is 2.69. The Bertz CT molecular complexity index is 679. The molecule has 0 saturated heterocycles. The summed E-state index contributed by atoms with van der Waals surface area (Å²) < 4.78 is 5.16. The van der Waals surface area contributed by atoms with Crippen molar-refractivity contribution in [2.45, 2.75) is 6.10 Å². The monoisotopic (exact) mass is 262 g/mol. The first-order valence-electron chi connectivity index (χ1n) is 5.90. The van der Waals surface area contributed by atoms with Gasteiger partial charge in [-0.25, -0.2) is 4.79 Å². The maximum absolute atomic E-state index is 11.9. The highest BCUT2D eigenvalue weighted by Crippen LogP contribution is 2.19. The van der Waals surface area contributed by atoms with Crippen molar-refractivity contribution in [3.63, 3.8) is 0 Å². The Morgan fingerprint density at radius 2 is 1.65 bits per heavy atom. The molecule has 0 saturated carbocycles. The average molecular weight is 262 g/mol. The van der Waals surface area contributed by atoms with E-state index >= 15 is 0 Å². The predicted octanol–water partition coefficient (Wildman–Crippen LogP) is 2.98. The van der Waals surface area contributed by atoms with Crippen molar-refractivity contribution in [2.75, 3.05) is 0 Å². The molecule has 1 unspecified atom stereocenters. The molecular formula is C16H10N2O2. The molecule has 0 fully saturated rings. The number of hydrogen-bond acceptors (Lipinski definition) is 4. The van der Waals surface area contributed by atoms with Gasteiger partial charge in [0, 0.05) is 5.56 Å². The summed E-state index contributed by atoms with van der Waals surface area (Å²) >= 11 is 0. The molecular weight excluding hydrogens is 252 g/mol. The normalized spacial score (nSPS) is 10.9. The van der Waals surface area contributed by atoms with E-state index in [1.54, 1.807) is 54.6 Å². The first-order valence-corrected chi connectivity index (χ1v) is 5.90. The summed E-state index contributed by atoms with van der Waals surface area (Å²) in [7, 11) is 0. The molecule has 96 valence electrons. The molecule has 0 N–H and O–H groups in total. The molecule has 4 heteroatoms. The van der Waals surface area contributed by atoms with Crippen LogP contribution in [0.5, 0.6) is 0 Å². The van der Waals surface area contributed by atoms with Gasteiger partial charge in [0.2, 0.25) is 6.10 Å². The van der Waals surface area contributed by atoms with Gasteiger partial charge < -0.3 is 4.74 Å². The molecule has 0 heterocycles. The summed E-state index contributed by atoms with van der Waals surface area (Å²) in [6.45, 7) is 0. The van der Waals surface area contributed by atoms with E-state index in [0.29, 0.717) is 16.7 Å². The van der Waals surface area contributed by atoms with Gasteiger partial charge in [-0.3, -0.25) is 0 Å². The van der Waals surface area contributed by atoms with Crippen LogP contribution < -0.4 is 0 Å². The van der Waals surface area contributed by atoms with E-state index < -0.39 is 12.1 Å². The van der Waals surface area contributed by atoms with Crippen LogP contribution in [0.2, 0.25) is 0 Å². The van der Waals surface area contributed by atoms with Crippen LogP contribution in [0.25, 0.3) is 0 Å². The molecule has 2 rings (SSSR count). The van der Waals surface area contributed by atoms with Crippen molar-refractivity contribution < 1.29 is 9.53 Å². The quantitative estimate of drug-likeness (QED) is 0.797. The number of carbonyl (C=O) groups is 1. The van der Waals surface area contributed by atoms with E-state index in [-0.39, 0.29) is 0 Å². The zero-order valence-corrected chi connectivity index (χ0v) is 10.5. The number of esters is 1. The maximum atomic E-state index is 11.9. The van der Waals surface area contributed by atoms with E-state index in [4.69, 9.17) is 15.3 Å². The second-order valence-electron chi connectivity index (χ2n) is 4.01. The van der Waals surface area contributed by atoms with Gasteiger partial charge >= 0.3 is 5.97 Å². The Morgan fingerprint density at radius 1 is 1.00 bits per heavy atom. The summed E-state index contributed by atoms with van der Waals surface area (Å²) in [5.74, 6) is -0.554. The van der Waals surface area contributed by atoms with Crippen LogP contribution in [0.15, 0.2) is 54.6 Å². The fourth-order valence-corrected chi connectivity index (χ4v) is 1.65. The lowest BCUT2D eigenvalue weighted by Gasteiger charge is -2.11. The van der Waals surface area contributed by atoms with Crippen molar-refractivity contribution >= 4 is 5.97 Å². The Kier molecular flexibility index (Phi) is 4.11. The molecule has 0 aromatic heterocycles. The molecule has 0 aliphatic heterocycles. The fourth-order valence-electron chi connectivity index (χ4n) is 1.65. The van der Waals surface area contributed by atoms with E-state index in [1.807, 2.05) is 12.1 Å². The minimum absolute atomic E-state index is 0.390. The number of benzene rings is 2. The Balaban J connectivity index is 2.15. The van der Waals surface area contributed by atoms with Gasteiger partial charge in [0.15, 0.2) is 0 Å². The number of ether oxygens (including phenoxy) is 1. The molecule has 0 aliphatic rings. The van der Waals surface area contributed by atoms with Crippen LogP contribution in [0.4, 0.5) is 0 Å². The summed E-state index contributed by atoms with van der Waals surface area (Å²) in [6, 6.07) is 18.8. The number of nitrogens with zero attached hydrogens (tertiary/aromatic N) is 2. The highest BCUT2D eigenvalue weighted by atomic mass is 16.5. The van der Waals surface area contributed by atoms with E-state index in [2.05, 4.69) is 0 Å². The maximum Gasteiger partial charge on any atom is 0.339 e. The molecule has 4 nitrogen and oxygen atoms in total. The minimum Gasteiger partial charge on any atom is -0.438 e. The average Bonchev–Trinajstić information content (AvgIpc) is 2.53. The van der Waals surface area contributed by atoms with Crippen LogP contribution >= 0.6 is 0 Å². The fraction of sp³-hybridized carbons (Fsp3) is 0.0625. The third kappa shape index (κ3) is 3.01. The standard InChI is InChI=1S/C16H10N2O2/c17-10-12-6-8-13(9-7-12)15(11-18)20-16(19)14-4-2-1-3-5-14/h1-9,15H. The van der Waals surface area contributed by atoms with Gasteiger partial charge in [0.25, 0.3) is 0 Å². The molecule has 0 amide bonds. The SMILES string of the molecule is N#Cc1ccc(C(C#N)OC(=O)c2ccccc2)cc1. The van der Waals surface area contributed by atoms with Gasteiger partial charge in [0.1, 0.15) is 6.07 Å². The minimum atomic E-state index is -0.990. The second-order valence-corrected chi connectivity index (χ2v) is 4.01. The van der Waals surface area contributed by atoms with Gasteiger partial charge in [-0.1, -0.05) is 30.3 Å². The molecule has 0 bridgehead atoms. The second kappa shape index (κ2) is 6.17. The number of nitriles is 2. The van der Waals surface area contributed by atoms with Crippen molar-refractivity contribution in [3.8, 4) is 12.1 Å². The summed E-state index contributed by atoms with van der Waals surface area (Å²) in [5, 5.41) is 17.8. The van der Waals surface area contributed by atoms with Crippen molar-refractivity contribution in [1.29, 1.82) is 10.5 Å². The topological polar surface area (TPSA) is 73.9 Å². The predicted molar refractivity (Wildman–Crippen MR) is 71.4 cm³/mol. The zero-order chi connectivity index (χ0) is 14.4. The smallest absolute Gasteiger partial charge is 0.339 e. The van der Waals surface area contributed by atoms with Crippen molar-refractivity contribution in [2.24, 2.45) is 0 Å². The molecule has 2 aromatic carbocycles. The molecule has 1 atom stereocenters. The Morgan fingerprint density at radius 3 is 2.20 bits per heavy atom. The van der Waals surface area contributed by atoms with Crippen LogP contribution in [0, 0.1) is 22.7 Å². The Hall–Kier alpha value is -3.11. The number of rotatable bonds is 3. The van der Waals surface area contributed by atoms with Crippen LogP contribution in [-0.2, 0) is 4.74 Å². The summed E-state index contributed by atoms with van der Waals surface area (Å²) in [6.07, 6.45) is -0.990. The molecule has 20 heavy (non-hydrogen) atoms. The molecule has 2 aromatic rings. The zero-order valence-electron chi connectivity index (χ0n) is 10.5. The van der Waals surface area contributed by atoms with Gasteiger partial charge in [0.05, 0.1) is 17.2 Å². The summed E-state index contributed by atoms with van der Waals surface area (Å²) in [5.41, 5.74) is 1.41. The van der Waals surface area contributed by atoms with Crippen LogP contribution in [0.3, 0.4) is 0 Å². The lowest BCUT2D eigenvalue weighted by molar-refractivity contribution is 0.0404. The summed E-state index contributed by atoms with van der Waals surface area (Å²) in [4.78, 5) is 11.9. The Labute approximate surface area is 116 Å². The molecule has 0 aliphatic carbocycles. The first-order chi connectivity index (χ1) is 9.74. The van der Waals surface area contributed by atoms with E-state index in [1.165, 1.54) is 0 Å². The third-order valence-electron chi connectivity index (χ3n) is 2.69. The van der Waals surface area contributed by atoms with E-state index in [9.17, 15) is 4.79 Å².